The van der Waals surface area contributed by atoms with Crippen molar-refractivity contribution in [3.05, 3.63) is 51.0 Å². The number of alkyl halides is 2. The first-order chi connectivity index (χ1) is 21.7. The summed E-state index contributed by atoms with van der Waals surface area (Å²) in [5.74, 6) is -4.80. The van der Waals surface area contributed by atoms with E-state index >= 15 is 8.78 Å². The third kappa shape index (κ3) is 8.15. The van der Waals surface area contributed by atoms with Crippen LogP contribution in [0.1, 0.15) is 72.1 Å². The van der Waals surface area contributed by atoms with Crippen LogP contribution < -0.4 is 15.7 Å². The van der Waals surface area contributed by atoms with Crippen molar-refractivity contribution in [3.63, 3.8) is 0 Å². The largest absolute Gasteiger partial charge is 0.416 e. The highest BCUT2D eigenvalue weighted by atomic mass is 35.5. The lowest BCUT2D eigenvalue weighted by Crippen LogP contribution is -2.57. The lowest BCUT2D eigenvalue weighted by atomic mass is 9.99. The number of hydrogen-bond donors (Lipinski definition) is 1. The lowest BCUT2D eigenvalue weighted by Gasteiger charge is -2.37. The second-order valence-corrected chi connectivity index (χ2v) is 19.3. The Bertz CT molecular complexity index is 1700. The number of hydrogen-bond acceptors (Lipinski definition) is 8. The van der Waals surface area contributed by atoms with Gasteiger partial charge in [0.2, 0.25) is 5.88 Å². The smallest absolute Gasteiger partial charge is 0.411 e. The summed E-state index contributed by atoms with van der Waals surface area (Å²) < 4.78 is 58.0. The van der Waals surface area contributed by atoms with Gasteiger partial charge < -0.3 is 19.4 Å². The van der Waals surface area contributed by atoms with Crippen LogP contribution in [-0.4, -0.2) is 76.5 Å². The van der Waals surface area contributed by atoms with E-state index in [1.807, 2.05) is 61.6 Å². The van der Waals surface area contributed by atoms with E-state index in [0.717, 1.165) is 10.6 Å². The van der Waals surface area contributed by atoms with Gasteiger partial charge in [0, 0.05) is 37.8 Å². The van der Waals surface area contributed by atoms with Crippen LogP contribution in [0.25, 0.3) is 16.7 Å². The van der Waals surface area contributed by atoms with Crippen molar-refractivity contribution in [2.75, 3.05) is 19.7 Å². The summed E-state index contributed by atoms with van der Waals surface area (Å²) in [5, 5.41) is 2.39. The molecule has 1 amide bonds. The minimum Gasteiger partial charge on any atom is -0.411 e. The number of aromatic nitrogens is 4. The molecule has 1 fully saturated rings. The Balaban J connectivity index is 1.79. The first-order valence-electron chi connectivity index (χ1n) is 15.7. The summed E-state index contributed by atoms with van der Waals surface area (Å²) in [7, 11) is -2.43. The molecule has 0 aromatic carbocycles. The van der Waals surface area contributed by atoms with Gasteiger partial charge in [-0.3, -0.25) is 4.98 Å². The van der Waals surface area contributed by atoms with Gasteiger partial charge in [0.15, 0.2) is 24.9 Å². The molecule has 2 atom stereocenters. The topological polar surface area (TPSA) is 111 Å². The van der Waals surface area contributed by atoms with E-state index in [1.54, 1.807) is 6.07 Å². The molecule has 1 aliphatic heterocycles. The number of nitrogens with one attached hydrogen (secondary N) is 1. The number of carbonyl (C=O) groups excluding carboxylic acids is 1. The lowest BCUT2D eigenvalue weighted by molar-refractivity contribution is -0.0512. The molecule has 0 aliphatic carbocycles. The van der Waals surface area contributed by atoms with Gasteiger partial charge in [-0.1, -0.05) is 46.2 Å². The number of nitrogens with zero attached hydrogens (tertiary/aromatic N) is 5. The van der Waals surface area contributed by atoms with Gasteiger partial charge in [-0.15, -0.1) is 0 Å². The van der Waals surface area contributed by atoms with Gasteiger partial charge in [0.05, 0.1) is 23.4 Å². The highest BCUT2D eigenvalue weighted by Crippen LogP contribution is 2.38. The van der Waals surface area contributed by atoms with E-state index in [4.69, 9.17) is 20.8 Å². The Hall–Kier alpha value is -3.07. The van der Waals surface area contributed by atoms with E-state index in [2.05, 4.69) is 20.3 Å². The molecular weight excluding hydrogens is 653 g/mol. The Labute approximate surface area is 279 Å². The zero-order valence-corrected chi connectivity index (χ0v) is 30.1. The van der Waals surface area contributed by atoms with Crippen molar-refractivity contribution >= 4 is 37.0 Å². The van der Waals surface area contributed by atoms with Gasteiger partial charge in [0.25, 0.3) is 5.92 Å². The summed E-state index contributed by atoms with van der Waals surface area (Å²) >= 11 is 6.11. The van der Waals surface area contributed by atoms with Gasteiger partial charge in [-0.25, -0.2) is 32.3 Å². The first kappa shape index (κ1) is 36.8. The highest BCUT2D eigenvalue weighted by molar-refractivity contribution is 6.74. The average Bonchev–Trinajstić information content (AvgIpc) is 2.97. The normalized spacial score (nSPS) is 17.9. The van der Waals surface area contributed by atoms with Crippen molar-refractivity contribution in [3.8, 4) is 11.6 Å². The van der Waals surface area contributed by atoms with Crippen LogP contribution in [-0.2, 0) is 10.8 Å². The first-order valence-corrected chi connectivity index (χ1v) is 19.0. The second-order valence-electron chi connectivity index (χ2n) is 14.1. The fraction of sp³-hybridized carbons (Fsp3) is 0.594. The second kappa shape index (κ2) is 13.8. The fourth-order valence-electron chi connectivity index (χ4n) is 5.06. The Kier molecular flexibility index (Phi) is 10.8. The number of piperazine rings is 1. The maximum absolute atomic E-state index is 15.3. The summed E-state index contributed by atoms with van der Waals surface area (Å²) in [6.07, 6.45) is 0.00440. The molecular formula is C32H44ClF3N6O4Si. The van der Waals surface area contributed by atoms with E-state index in [0.29, 0.717) is 24.3 Å². The maximum atomic E-state index is 15.3. The number of aryl methyl sites for hydroxylation is 1. The third-order valence-electron chi connectivity index (χ3n) is 8.94. The molecule has 4 heterocycles. The van der Waals surface area contributed by atoms with Crippen LogP contribution >= 0.6 is 11.6 Å². The van der Waals surface area contributed by atoms with Crippen molar-refractivity contribution in [1.29, 1.82) is 0 Å². The quantitative estimate of drug-likeness (QED) is 0.191. The number of pyridine rings is 2. The van der Waals surface area contributed by atoms with E-state index in [1.165, 1.54) is 11.1 Å². The van der Waals surface area contributed by atoms with Crippen LogP contribution in [0.2, 0.25) is 23.3 Å². The summed E-state index contributed by atoms with van der Waals surface area (Å²) in [6.45, 7) is 17.3. The third-order valence-corrected chi connectivity index (χ3v) is 13.7. The zero-order valence-electron chi connectivity index (χ0n) is 28.4. The molecule has 1 aliphatic rings. The van der Waals surface area contributed by atoms with Crippen molar-refractivity contribution in [2.45, 2.75) is 103 Å². The van der Waals surface area contributed by atoms with Crippen LogP contribution in [0.5, 0.6) is 5.88 Å². The van der Waals surface area contributed by atoms with Crippen molar-refractivity contribution in [2.24, 2.45) is 0 Å². The molecule has 15 heteroatoms. The summed E-state index contributed by atoms with van der Waals surface area (Å²) in [4.78, 5) is 41.2. The molecule has 0 radical (unpaired) electrons. The van der Waals surface area contributed by atoms with E-state index in [-0.39, 0.29) is 46.2 Å². The molecule has 1 saturated heterocycles. The molecule has 2 unspecified atom stereocenters. The predicted molar refractivity (Wildman–Crippen MR) is 178 cm³/mol. The number of ether oxygens (including phenoxy) is 1. The van der Waals surface area contributed by atoms with Gasteiger partial charge >= 0.3 is 11.8 Å². The molecule has 47 heavy (non-hydrogen) atoms. The molecule has 4 rings (SSSR count). The molecule has 258 valence electrons. The van der Waals surface area contributed by atoms with E-state index < -0.39 is 55.9 Å². The molecule has 0 saturated carbocycles. The number of amides is 1. The van der Waals surface area contributed by atoms with Gasteiger partial charge in [-0.2, -0.15) is 4.98 Å². The monoisotopic (exact) mass is 696 g/mol. The molecule has 0 bridgehead atoms. The standard InChI is InChI=1S/C32H44ClF3N6O4Si/c1-18(2)24-25(21(11-13-37-24)10-12-32(35,36)17-45-47(8,9)31(5,6)7)42-27-22(14-23(34)26(33)39-27)28(40-29(42)43)46-30(44)41-16-19(3)38-15-20(41)4/h11,13-14,18-20,38H,10,12,15-17H2,1-9H3. The molecule has 3 aromatic heterocycles. The highest BCUT2D eigenvalue weighted by Gasteiger charge is 2.41. The minimum atomic E-state index is -3.17. The Morgan fingerprint density at radius 3 is 2.53 bits per heavy atom. The van der Waals surface area contributed by atoms with E-state index in [9.17, 15) is 14.0 Å². The number of fused-ring (bicyclic) bond motifs is 1. The van der Waals surface area contributed by atoms with Crippen LogP contribution in [0, 0.1) is 5.82 Å². The predicted octanol–water partition coefficient (Wildman–Crippen LogP) is 6.86. The molecule has 0 spiro atoms. The van der Waals surface area contributed by atoms with Gasteiger partial charge in [-0.05, 0) is 62.0 Å². The van der Waals surface area contributed by atoms with Crippen LogP contribution in [0.3, 0.4) is 0 Å². The molecule has 10 nitrogen and oxygen atoms in total. The SMILES string of the molecule is CC1CN(C(=O)Oc2nc(=O)n(-c3c(CCC(F)(F)CO[Si](C)(C)C(C)(C)C)ccnc3C(C)C)c3nc(Cl)c(F)cc23)C(C)CN1. The van der Waals surface area contributed by atoms with Crippen LogP contribution in [0.15, 0.2) is 23.1 Å². The molecule has 1 N–H and O–H groups in total. The van der Waals surface area contributed by atoms with Crippen molar-refractivity contribution in [1.82, 2.24) is 29.7 Å². The molecule has 3 aromatic rings. The maximum Gasteiger partial charge on any atom is 0.416 e. The zero-order chi connectivity index (χ0) is 35.1. The average molecular weight is 697 g/mol. The summed E-state index contributed by atoms with van der Waals surface area (Å²) in [5.41, 5.74) is -0.129. The van der Waals surface area contributed by atoms with Gasteiger partial charge in [0.1, 0.15) is 0 Å². The van der Waals surface area contributed by atoms with Crippen LogP contribution in [0.4, 0.5) is 18.0 Å². The Morgan fingerprint density at radius 2 is 1.89 bits per heavy atom. The fourth-order valence-corrected chi connectivity index (χ4v) is 6.20. The minimum absolute atomic E-state index is 0.00109. The Morgan fingerprint density at radius 1 is 1.21 bits per heavy atom. The number of halogens is 4. The summed E-state index contributed by atoms with van der Waals surface area (Å²) in [6, 6.07) is 2.32. The number of carbonyl (C=O) groups is 1. The van der Waals surface area contributed by atoms with Crippen molar-refractivity contribution < 1.29 is 27.1 Å². The number of rotatable bonds is 9.